The van der Waals surface area contributed by atoms with Crippen LogP contribution in [0.2, 0.25) is 5.02 Å². The lowest BCUT2D eigenvalue weighted by Gasteiger charge is -2.37. The maximum Gasteiger partial charge on any atom is 0.433 e. The molecule has 1 aromatic heterocycles. The van der Waals surface area contributed by atoms with E-state index in [0.29, 0.717) is 60.1 Å². The number of hydrogen-bond donors (Lipinski definition) is 1. The zero-order chi connectivity index (χ0) is 22.7. The number of anilines is 1. The third-order valence-corrected chi connectivity index (χ3v) is 5.67. The molecule has 0 aliphatic carbocycles. The molecule has 1 N–H and O–H groups in total. The number of benzene rings is 2. The Balaban J connectivity index is 1.37. The molecule has 1 saturated heterocycles. The molecule has 3 aromatic rings. The molecule has 5 nitrogen and oxygen atoms in total. The van der Waals surface area contributed by atoms with Crippen LogP contribution >= 0.6 is 11.6 Å². The fourth-order valence-corrected chi connectivity index (χ4v) is 3.94. The van der Waals surface area contributed by atoms with Crippen LogP contribution in [0.3, 0.4) is 0 Å². The van der Waals surface area contributed by atoms with E-state index in [1.54, 1.807) is 48.5 Å². The number of halogens is 4. The molecule has 0 amide bonds. The SMILES string of the molecule is OC(COc1ccc(Cl)cc1)CN1CCN(c2cc(C(F)(F)F)nc3ccccc23)CC1. The van der Waals surface area contributed by atoms with Crippen molar-refractivity contribution in [1.29, 1.82) is 0 Å². The van der Waals surface area contributed by atoms with Gasteiger partial charge in [-0.3, -0.25) is 4.90 Å². The van der Waals surface area contributed by atoms with Crippen LogP contribution in [0.15, 0.2) is 54.6 Å². The number of nitrogens with zero attached hydrogens (tertiary/aromatic N) is 3. The van der Waals surface area contributed by atoms with Crippen molar-refractivity contribution in [3.8, 4) is 5.75 Å². The maximum absolute atomic E-state index is 13.3. The number of alkyl halides is 3. The van der Waals surface area contributed by atoms with Crippen molar-refractivity contribution in [3.63, 3.8) is 0 Å². The standard InChI is InChI=1S/C23H23ClF3N3O2/c24-16-5-7-18(8-6-16)32-15-17(31)14-29-9-11-30(12-10-29)21-13-22(23(25,26)27)28-20-4-2-1-3-19(20)21/h1-8,13,17,31H,9-12,14-15H2. The summed E-state index contributed by atoms with van der Waals surface area (Å²) < 4.78 is 45.6. The van der Waals surface area contributed by atoms with Gasteiger partial charge in [0.25, 0.3) is 0 Å². The summed E-state index contributed by atoms with van der Waals surface area (Å²) in [5, 5.41) is 11.6. The average Bonchev–Trinajstić information content (AvgIpc) is 2.78. The van der Waals surface area contributed by atoms with Crippen LogP contribution in [0, 0.1) is 0 Å². The Morgan fingerprint density at radius 2 is 1.72 bits per heavy atom. The number of pyridine rings is 1. The third kappa shape index (κ3) is 5.43. The molecule has 170 valence electrons. The average molecular weight is 466 g/mol. The highest BCUT2D eigenvalue weighted by atomic mass is 35.5. The van der Waals surface area contributed by atoms with Crippen molar-refractivity contribution in [2.75, 3.05) is 44.2 Å². The molecule has 0 bridgehead atoms. The number of ether oxygens (including phenoxy) is 1. The van der Waals surface area contributed by atoms with E-state index in [1.165, 1.54) is 0 Å². The van der Waals surface area contributed by atoms with Gasteiger partial charge in [0.2, 0.25) is 0 Å². The Morgan fingerprint density at radius 1 is 1.03 bits per heavy atom. The number of aliphatic hydroxyl groups is 1. The van der Waals surface area contributed by atoms with Gasteiger partial charge in [0.15, 0.2) is 0 Å². The number of para-hydroxylation sites is 1. The van der Waals surface area contributed by atoms with Gasteiger partial charge in [0.05, 0.1) is 5.52 Å². The molecule has 0 saturated carbocycles. The molecule has 4 rings (SSSR count). The van der Waals surface area contributed by atoms with Gasteiger partial charge in [-0.25, -0.2) is 4.98 Å². The number of aromatic nitrogens is 1. The summed E-state index contributed by atoms with van der Waals surface area (Å²) in [5.74, 6) is 0.628. The summed E-state index contributed by atoms with van der Waals surface area (Å²) in [5.41, 5.74) is -0.0212. The summed E-state index contributed by atoms with van der Waals surface area (Å²) in [6.07, 6.45) is -5.19. The monoisotopic (exact) mass is 465 g/mol. The number of rotatable bonds is 6. The van der Waals surface area contributed by atoms with Crippen LogP contribution in [0.1, 0.15) is 5.69 Å². The van der Waals surface area contributed by atoms with Crippen LogP contribution in [0.5, 0.6) is 5.75 Å². The number of aliphatic hydroxyl groups excluding tert-OH is 1. The molecule has 2 heterocycles. The number of fused-ring (bicyclic) bond motifs is 1. The fourth-order valence-electron chi connectivity index (χ4n) is 3.81. The quantitative estimate of drug-likeness (QED) is 0.582. The fraction of sp³-hybridized carbons (Fsp3) is 0.348. The van der Waals surface area contributed by atoms with Crippen LogP contribution < -0.4 is 9.64 Å². The van der Waals surface area contributed by atoms with Gasteiger partial charge in [-0.2, -0.15) is 13.2 Å². The predicted octanol–water partition coefficient (Wildman–Crippen LogP) is 4.47. The molecule has 0 spiro atoms. The minimum absolute atomic E-state index is 0.145. The highest BCUT2D eigenvalue weighted by Gasteiger charge is 2.34. The summed E-state index contributed by atoms with van der Waals surface area (Å²) >= 11 is 5.85. The minimum atomic E-state index is -4.51. The summed E-state index contributed by atoms with van der Waals surface area (Å²) in [6, 6.07) is 14.9. The molecule has 0 radical (unpaired) electrons. The predicted molar refractivity (Wildman–Crippen MR) is 118 cm³/mol. The lowest BCUT2D eigenvalue weighted by Crippen LogP contribution is -2.49. The zero-order valence-electron chi connectivity index (χ0n) is 17.2. The summed E-state index contributed by atoms with van der Waals surface area (Å²) in [4.78, 5) is 7.82. The molecule has 1 unspecified atom stereocenters. The lowest BCUT2D eigenvalue weighted by atomic mass is 10.1. The summed E-state index contributed by atoms with van der Waals surface area (Å²) in [7, 11) is 0. The first-order valence-corrected chi connectivity index (χ1v) is 10.7. The Kier molecular flexibility index (Phi) is 6.74. The topological polar surface area (TPSA) is 48.8 Å². The maximum atomic E-state index is 13.3. The normalized spacial score (nSPS) is 16.3. The summed E-state index contributed by atoms with van der Waals surface area (Å²) in [6.45, 7) is 2.91. The van der Waals surface area contributed by atoms with Crippen LogP contribution in [-0.4, -0.2) is 60.4 Å². The molecular formula is C23H23ClF3N3O2. The molecule has 9 heteroatoms. The second kappa shape index (κ2) is 9.52. The number of β-amino-alcohol motifs (C(OH)–C–C–N with tert-alkyl or cyclic N) is 1. The van der Waals surface area contributed by atoms with E-state index in [0.717, 1.165) is 6.07 Å². The highest BCUT2D eigenvalue weighted by Crippen LogP contribution is 2.35. The second-order valence-electron chi connectivity index (χ2n) is 7.75. The van der Waals surface area contributed by atoms with Gasteiger partial charge >= 0.3 is 6.18 Å². The molecule has 32 heavy (non-hydrogen) atoms. The second-order valence-corrected chi connectivity index (χ2v) is 8.18. The first-order valence-electron chi connectivity index (χ1n) is 10.3. The van der Waals surface area contributed by atoms with Crippen LogP contribution in [0.25, 0.3) is 10.9 Å². The van der Waals surface area contributed by atoms with E-state index in [1.807, 2.05) is 4.90 Å². The molecule has 1 aliphatic heterocycles. The first-order chi connectivity index (χ1) is 15.3. The van der Waals surface area contributed by atoms with Crippen molar-refractivity contribution < 1.29 is 23.0 Å². The van der Waals surface area contributed by atoms with E-state index in [4.69, 9.17) is 16.3 Å². The Bertz CT molecular complexity index is 1050. The Morgan fingerprint density at radius 3 is 2.41 bits per heavy atom. The molecular weight excluding hydrogens is 443 g/mol. The number of hydrogen-bond acceptors (Lipinski definition) is 5. The van der Waals surface area contributed by atoms with Gasteiger partial charge in [-0.05, 0) is 36.4 Å². The van der Waals surface area contributed by atoms with Crippen molar-refractivity contribution in [2.24, 2.45) is 0 Å². The molecule has 1 atom stereocenters. The Labute approximate surface area is 189 Å². The van der Waals surface area contributed by atoms with Crippen LogP contribution in [-0.2, 0) is 6.18 Å². The van der Waals surface area contributed by atoms with E-state index >= 15 is 0 Å². The van der Waals surface area contributed by atoms with Crippen molar-refractivity contribution >= 4 is 28.2 Å². The first kappa shape index (κ1) is 22.6. The lowest BCUT2D eigenvalue weighted by molar-refractivity contribution is -0.140. The van der Waals surface area contributed by atoms with E-state index in [-0.39, 0.29) is 6.61 Å². The van der Waals surface area contributed by atoms with Gasteiger partial charge in [0.1, 0.15) is 24.2 Å². The van der Waals surface area contributed by atoms with Crippen molar-refractivity contribution in [1.82, 2.24) is 9.88 Å². The largest absolute Gasteiger partial charge is 0.491 e. The number of piperazine rings is 1. The molecule has 2 aromatic carbocycles. The van der Waals surface area contributed by atoms with Gasteiger partial charge in [-0.1, -0.05) is 29.8 Å². The van der Waals surface area contributed by atoms with E-state index < -0.39 is 18.0 Å². The minimum Gasteiger partial charge on any atom is -0.491 e. The van der Waals surface area contributed by atoms with Gasteiger partial charge in [0, 0.05) is 48.8 Å². The van der Waals surface area contributed by atoms with Crippen molar-refractivity contribution in [3.05, 3.63) is 65.3 Å². The molecule has 1 aliphatic rings. The molecule has 1 fully saturated rings. The highest BCUT2D eigenvalue weighted by molar-refractivity contribution is 6.30. The van der Waals surface area contributed by atoms with Crippen LogP contribution in [0.4, 0.5) is 18.9 Å². The van der Waals surface area contributed by atoms with Crippen molar-refractivity contribution in [2.45, 2.75) is 12.3 Å². The Hall–Kier alpha value is -2.55. The smallest absolute Gasteiger partial charge is 0.433 e. The van der Waals surface area contributed by atoms with Gasteiger partial charge in [-0.15, -0.1) is 0 Å². The zero-order valence-corrected chi connectivity index (χ0v) is 18.0. The van der Waals surface area contributed by atoms with E-state index in [9.17, 15) is 18.3 Å². The van der Waals surface area contributed by atoms with E-state index in [2.05, 4.69) is 9.88 Å². The third-order valence-electron chi connectivity index (χ3n) is 5.42. The van der Waals surface area contributed by atoms with Gasteiger partial charge < -0.3 is 14.7 Å².